The molecule has 0 spiro atoms. The molecular weight excluding hydrogens is 358 g/mol. The van der Waals surface area contributed by atoms with Crippen LogP contribution in [0.3, 0.4) is 0 Å². The maximum atomic E-state index is 12.8. The Kier molecular flexibility index (Phi) is 5.13. The largest absolute Gasteiger partial charge is 0.507 e. The van der Waals surface area contributed by atoms with Crippen molar-refractivity contribution >= 4 is 28.4 Å². The van der Waals surface area contributed by atoms with Gasteiger partial charge in [0.2, 0.25) is 0 Å². The van der Waals surface area contributed by atoms with E-state index in [4.69, 9.17) is 5.11 Å². The smallest absolute Gasteiger partial charge is 0.376 e. The minimum atomic E-state index is -1.71. The minimum absolute atomic E-state index is 0.127. The first-order valence-corrected chi connectivity index (χ1v) is 8.64. The van der Waals surface area contributed by atoms with Gasteiger partial charge in [-0.3, -0.25) is 9.59 Å². The fraction of sp³-hybridized carbons (Fsp3) is 0.136. The number of carboxylic acid groups (broad SMARTS) is 1. The first-order valence-electron chi connectivity index (χ1n) is 8.64. The zero-order valence-corrected chi connectivity index (χ0v) is 15.5. The molecule has 28 heavy (non-hydrogen) atoms. The van der Waals surface area contributed by atoms with Gasteiger partial charge in [-0.25, -0.2) is 4.79 Å². The number of aryl methyl sites for hydroxylation is 2. The van der Waals surface area contributed by atoms with Crippen LogP contribution in [0.4, 0.5) is 0 Å². The lowest BCUT2D eigenvalue weighted by atomic mass is 10.1. The van der Waals surface area contributed by atoms with Gasteiger partial charge in [-0.2, -0.15) is 0 Å². The summed E-state index contributed by atoms with van der Waals surface area (Å²) in [7, 11) is 0. The summed E-state index contributed by atoms with van der Waals surface area (Å²) in [6, 6.07) is 13.1. The van der Waals surface area contributed by atoms with Crippen molar-refractivity contribution in [1.82, 2.24) is 4.57 Å². The molecule has 0 radical (unpaired) electrons. The second-order valence-electron chi connectivity index (χ2n) is 6.71. The van der Waals surface area contributed by atoms with Crippen LogP contribution in [0.5, 0.6) is 0 Å². The monoisotopic (exact) mass is 377 g/mol. The van der Waals surface area contributed by atoms with Crippen LogP contribution in [0, 0.1) is 13.8 Å². The van der Waals surface area contributed by atoms with E-state index in [9.17, 15) is 19.5 Å². The van der Waals surface area contributed by atoms with Crippen molar-refractivity contribution < 1.29 is 19.8 Å². The van der Waals surface area contributed by atoms with Gasteiger partial charge in [-0.1, -0.05) is 41.5 Å². The van der Waals surface area contributed by atoms with E-state index in [2.05, 4.69) is 6.07 Å². The molecule has 3 rings (SSSR count). The standard InChI is InChI=1S/C22H19NO5/c1-13-7-14(2)9-15(8-13)11-23-12-17(19(24)10-20(25)22(27)28)21(26)16-5-3-4-6-18(16)23/h3-10,12,24H,11H2,1-2H3,(H,27,28)/b19-10-. The Bertz CT molecular complexity index is 1170. The van der Waals surface area contributed by atoms with Gasteiger partial charge in [0.05, 0.1) is 11.1 Å². The lowest BCUT2D eigenvalue weighted by Crippen LogP contribution is -2.16. The van der Waals surface area contributed by atoms with Crippen LogP contribution in [0.1, 0.15) is 22.3 Å². The first kappa shape index (κ1) is 19.1. The molecule has 0 saturated carbocycles. The fourth-order valence-electron chi connectivity index (χ4n) is 3.28. The lowest BCUT2D eigenvalue weighted by Gasteiger charge is -2.14. The Hall–Kier alpha value is -3.67. The van der Waals surface area contributed by atoms with E-state index in [0.29, 0.717) is 23.5 Å². The molecule has 0 saturated heterocycles. The maximum Gasteiger partial charge on any atom is 0.376 e. The molecule has 0 unspecified atom stereocenters. The van der Waals surface area contributed by atoms with E-state index in [1.807, 2.05) is 32.0 Å². The number of pyridine rings is 1. The molecule has 142 valence electrons. The molecule has 6 nitrogen and oxygen atoms in total. The van der Waals surface area contributed by atoms with Crippen LogP contribution in [-0.2, 0) is 16.1 Å². The first-order chi connectivity index (χ1) is 13.3. The zero-order valence-electron chi connectivity index (χ0n) is 15.5. The summed E-state index contributed by atoms with van der Waals surface area (Å²) in [5, 5.41) is 19.3. The van der Waals surface area contributed by atoms with Gasteiger partial charge in [0.1, 0.15) is 5.76 Å². The SMILES string of the molecule is Cc1cc(C)cc(Cn2cc(/C(O)=C/C(=O)C(=O)O)c(=O)c3ccccc32)c1. The van der Waals surface area contributed by atoms with Gasteiger partial charge in [0, 0.05) is 24.2 Å². The summed E-state index contributed by atoms with van der Waals surface area (Å²) in [4.78, 5) is 34.9. The third kappa shape index (κ3) is 3.86. The molecule has 0 aliphatic carbocycles. The number of benzene rings is 2. The molecule has 1 heterocycles. The van der Waals surface area contributed by atoms with Gasteiger partial charge in [-0.15, -0.1) is 0 Å². The molecule has 0 fully saturated rings. The highest BCUT2D eigenvalue weighted by Crippen LogP contribution is 2.18. The summed E-state index contributed by atoms with van der Waals surface area (Å²) in [5.74, 6) is -3.67. The zero-order chi connectivity index (χ0) is 20.4. The molecule has 1 aromatic heterocycles. The molecule has 0 bridgehead atoms. The Morgan fingerprint density at radius 2 is 1.68 bits per heavy atom. The topological polar surface area (TPSA) is 96.6 Å². The highest BCUT2D eigenvalue weighted by molar-refractivity contribution is 6.38. The van der Waals surface area contributed by atoms with Crippen LogP contribution in [0.15, 0.2) is 59.5 Å². The summed E-state index contributed by atoms with van der Waals surface area (Å²) >= 11 is 0. The number of hydrogen-bond acceptors (Lipinski definition) is 4. The van der Waals surface area contributed by atoms with Gasteiger partial charge >= 0.3 is 5.97 Å². The summed E-state index contributed by atoms with van der Waals surface area (Å²) in [6.45, 7) is 4.44. The number of aliphatic carboxylic acids is 1. The van der Waals surface area contributed by atoms with Crippen molar-refractivity contribution in [3.05, 3.63) is 87.2 Å². The quantitative estimate of drug-likeness (QED) is 0.404. The van der Waals surface area contributed by atoms with E-state index < -0.39 is 22.9 Å². The van der Waals surface area contributed by atoms with E-state index >= 15 is 0 Å². The number of ketones is 1. The van der Waals surface area contributed by atoms with Gasteiger partial charge in [-0.05, 0) is 31.5 Å². The predicted molar refractivity (Wildman–Crippen MR) is 106 cm³/mol. The number of carbonyl (C=O) groups is 2. The van der Waals surface area contributed by atoms with Crippen LogP contribution in [0.25, 0.3) is 16.7 Å². The van der Waals surface area contributed by atoms with Crippen LogP contribution >= 0.6 is 0 Å². The third-order valence-corrected chi connectivity index (χ3v) is 4.38. The second kappa shape index (κ2) is 7.52. The molecule has 0 aliphatic heterocycles. The second-order valence-corrected chi connectivity index (χ2v) is 6.71. The van der Waals surface area contributed by atoms with E-state index in [-0.39, 0.29) is 5.56 Å². The van der Waals surface area contributed by atoms with Crippen molar-refractivity contribution in [2.24, 2.45) is 0 Å². The van der Waals surface area contributed by atoms with Gasteiger partial charge in [0.15, 0.2) is 5.43 Å². The number of aliphatic hydroxyl groups excluding tert-OH is 1. The molecule has 0 aliphatic rings. The van der Waals surface area contributed by atoms with E-state index in [1.165, 1.54) is 6.20 Å². The average Bonchev–Trinajstić information content (AvgIpc) is 2.63. The van der Waals surface area contributed by atoms with Gasteiger partial charge in [0.25, 0.3) is 5.78 Å². The minimum Gasteiger partial charge on any atom is -0.507 e. The summed E-state index contributed by atoms with van der Waals surface area (Å²) < 4.78 is 1.80. The molecule has 2 N–H and O–H groups in total. The molecule has 0 amide bonds. The number of aliphatic hydroxyl groups is 1. The summed E-state index contributed by atoms with van der Waals surface area (Å²) in [5.41, 5.74) is 3.30. The number of nitrogens with zero attached hydrogens (tertiary/aromatic N) is 1. The number of para-hydroxylation sites is 1. The van der Waals surface area contributed by atoms with Crippen molar-refractivity contribution in [3.63, 3.8) is 0 Å². The molecule has 0 atom stereocenters. The van der Waals surface area contributed by atoms with E-state index in [1.54, 1.807) is 22.8 Å². The Labute approximate surface area is 161 Å². The highest BCUT2D eigenvalue weighted by atomic mass is 16.4. The van der Waals surface area contributed by atoms with Gasteiger partial charge < -0.3 is 14.8 Å². The number of hydrogen-bond donors (Lipinski definition) is 2. The van der Waals surface area contributed by atoms with Crippen LogP contribution < -0.4 is 5.43 Å². The van der Waals surface area contributed by atoms with Crippen LogP contribution in [-0.4, -0.2) is 26.5 Å². The Balaban J connectivity index is 2.19. The van der Waals surface area contributed by atoms with Crippen molar-refractivity contribution in [2.75, 3.05) is 0 Å². The summed E-state index contributed by atoms with van der Waals surface area (Å²) in [6.07, 6.45) is 2.00. The number of fused-ring (bicyclic) bond motifs is 1. The average molecular weight is 377 g/mol. The number of rotatable bonds is 5. The van der Waals surface area contributed by atoms with Crippen molar-refractivity contribution in [2.45, 2.75) is 20.4 Å². The number of carbonyl (C=O) groups excluding carboxylic acids is 1. The highest BCUT2D eigenvalue weighted by Gasteiger charge is 2.16. The third-order valence-electron chi connectivity index (χ3n) is 4.38. The lowest BCUT2D eigenvalue weighted by molar-refractivity contribution is -0.146. The van der Waals surface area contributed by atoms with E-state index in [0.717, 1.165) is 16.7 Å². The molecular formula is C22H19NO5. The molecule has 2 aromatic carbocycles. The Morgan fingerprint density at radius 1 is 1.04 bits per heavy atom. The normalized spacial score (nSPS) is 11.6. The number of aromatic nitrogens is 1. The van der Waals surface area contributed by atoms with Crippen molar-refractivity contribution in [3.8, 4) is 0 Å². The Morgan fingerprint density at radius 3 is 2.32 bits per heavy atom. The molecule has 3 aromatic rings. The number of carboxylic acids is 1. The van der Waals surface area contributed by atoms with Crippen molar-refractivity contribution in [1.29, 1.82) is 0 Å². The predicted octanol–water partition coefficient (Wildman–Crippen LogP) is 3.22. The fourth-order valence-corrected chi connectivity index (χ4v) is 3.28. The maximum absolute atomic E-state index is 12.8. The van der Waals surface area contributed by atoms with Crippen LogP contribution in [0.2, 0.25) is 0 Å². The molecule has 6 heteroatoms.